The highest BCUT2D eigenvalue weighted by atomic mass is 35.5. The Labute approximate surface area is 191 Å². The average molecular weight is 500 g/mol. The summed E-state index contributed by atoms with van der Waals surface area (Å²) in [6.07, 6.45) is 0.993. The van der Waals surface area contributed by atoms with Crippen molar-refractivity contribution in [2.45, 2.75) is 29.2 Å². The number of amides is 2. The van der Waals surface area contributed by atoms with Crippen LogP contribution in [0.2, 0.25) is 5.02 Å². The molecule has 2 aromatic carbocycles. The standard InChI is InChI=1S/C20H22ClN3O6S2/c1-13-10-19(25)22-16-6-4-5-7-17(16)24(13)20(26)12-23(2)32(29,30)18-11-14(31(3,27)28)8-9-15(18)21/h4-9,11,13H,10,12H2,1-3H3,(H,22,25). The van der Waals surface area contributed by atoms with Gasteiger partial charge in [-0.1, -0.05) is 23.7 Å². The summed E-state index contributed by atoms with van der Waals surface area (Å²) in [4.78, 5) is 26.1. The van der Waals surface area contributed by atoms with Crippen LogP contribution in [0.5, 0.6) is 0 Å². The van der Waals surface area contributed by atoms with Crippen molar-refractivity contribution in [3.05, 3.63) is 47.5 Å². The maximum Gasteiger partial charge on any atom is 0.244 e. The van der Waals surface area contributed by atoms with Crippen LogP contribution in [0.1, 0.15) is 13.3 Å². The summed E-state index contributed by atoms with van der Waals surface area (Å²) in [7, 11) is -6.77. The molecule has 0 aliphatic carbocycles. The second-order valence-corrected chi connectivity index (χ2v) is 11.9. The minimum atomic E-state index is -4.29. The number of nitrogens with one attached hydrogen (secondary N) is 1. The van der Waals surface area contributed by atoms with Crippen molar-refractivity contribution >= 4 is 54.7 Å². The highest BCUT2D eigenvalue weighted by molar-refractivity contribution is 7.91. The van der Waals surface area contributed by atoms with Gasteiger partial charge in [0.25, 0.3) is 0 Å². The molecule has 1 heterocycles. The number of likely N-dealkylation sites (N-methyl/N-ethyl adjacent to an activating group) is 1. The molecule has 0 fully saturated rings. The molecule has 1 N–H and O–H groups in total. The molecule has 3 rings (SSSR count). The lowest BCUT2D eigenvalue weighted by molar-refractivity contribution is -0.119. The lowest BCUT2D eigenvalue weighted by Gasteiger charge is -2.29. The maximum absolute atomic E-state index is 13.2. The Kier molecular flexibility index (Phi) is 6.66. The number of anilines is 2. The lowest BCUT2D eigenvalue weighted by Crippen LogP contribution is -2.45. The first-order chi connectivity index (χ1) is 14.8. The first kappa shape index (κ1) is 24.2. The zero-order chi connectivity index (χ0) is 23.8. The maximum atomic E-state index is 13.2. The summed E-state index contributed by atoms with van der Waals surface area (Å²) in [5, 5.41) is 2.57. The molecule has 0 saturated heterocycles. The Morgan fingerprint density at radius 1 is 1.19 bits per heavy atom. The summed E-state index contributed by atoms with van der Waals surface area (Å²) in [6, 6.07) is 9.59. The third kappa shape index (κ3) is 4.80. The molecule has 1 aliphatic rings. The van der Waals surface area contributed by atoms with Crippen molar-refractivity contribution in [1.82, 2.24) is 4.31 Å². The number of sulfone groups is 1. The van der Waals surface area contributed by atoms with E-state index >= 15 is 0 Å². The molecule has 9 nitrogen and oxygen atoms in total. The minimum absolute atomic E-state index is 0.0408. The molecule has 0 bridgehead atoms. The predicted molar refractivity (Wildman–Crippen MR) is 121 cm³/mol. The van der Waals surface area contributed by atoms with Crippen LogP contribution in [-0.4, -0.2) is 58.8 Å². The van der Waals surface area contributed by atoms with E-state index < -0.39 is 43.2 Å². The molecular weight excluding hydrogens is 478 g/mol. The first-order valence-corrected chi connectivity index (χ1v) is 13.2. The van der Waals surface area contributed by atoms with Crippen molar-refractivity contribution < 1.29 is 26.4 Å². The van der Waals surface area contributed by atoms with Crippen molar-refractivity contribution in [3.8, 4) is 0 Å². The second-order valence-electron chi connectivity index (χ2n) is 7.51. The molecule has 0 spiro atoms. The number of carbonyl (C=O) groups excluding carboxylic acids is 2. The van der Waals surface area contributed by atoms with Crippen molar-refractivity contribution in [3.63, 3.8) is 0 Å². The van der Waals surface area contributed by atoms with E-state index in [-0.39, 0.29) is 22.2 Å². The number of hydrogen-bond acceptors (Lipinski definition) is 6. The zero-order valence-corrected chi connectivity index (χ0v) is 20.0. The number of benzene rings is 2. The lowest BCUT2D eigenvalue weighted by atomic mass is 10.1. The summed E-state index contributed by atoms with van der Waals surface area (Å²) < 4.78 is 50.7. The summed E-state index contributed by atoms with van der Waals surface area (Å²) in [5.74, 6) is -0.812. The highest BCUT2D eigenvalue weighted by Crippen LogP contribution is 2.32. The van der Waals surface area contributed by atoms with Gasteiger partial charge in [0.15, 0.2) is 9.84 Å². The Bertz CT molecular complexity index is 1290. The third-order valence-electron chi connectivity index (χ3n) is 5.00. The smallest absolute Gasteiger partial charge is 0.244 e. The quantitative estimate of drug-likeness (QED) is 0.672. The molecule has 0 saturated carbocycles. The van der Waals surface area contributed by atoms with Crippen LogP contribution < -0.4 is 10.2 Å². The van der Waals surface area contributed by atoms with E-state index in [2.05, 4.69) is 5.32 Å². The Hall–Kier alpha value is -2.47. The van der Waals surface area contributed by atoms with E-state index in [0.29, 0.717) is 11.4 Å². The van der Waals surface area contributed by atoms with Crippen LogP contribution in [0.25, 0.3) is 0 Å². The van der Waals surface area contributed by atoms with Crippen molar-refractivity contribution in [2.24, 2.45) is 0 Å². The number of rotatable bonds is 5. The van der Waals surface area contributed by atoms with E-state index in [1.54, 1.807) is 31.2 Å². The summed E-state index contributed by atoms with van der Waals surface area (Å²) in [5.41, 5.74) is 0.906. The second kappa shape index (κ2) is 8.81. The number of nitrogens with zero attached hydrogens (tertiary/aromatic N) is 2. The van der Waals surface area contributed by atoms with Gasteiger partial charge in [0.05, 0.1) is 27.8 Å². The molecular formula is C20H22ClN3O6S2. The van der Waals surface area contributed by atoms with Gasteiger partial charge in [-0.3, -0.25) is 9.59 Å². The van der Waals surface area contributed by atoms with Gasteiger partial charge >= 0.3 is 0 Å². The monoisotopic (exact) mass is 499 g/mol. The van der Waals surface area contributed by atoms with Crippen LogP contribution in [0.15, 0.2) is 52.3 Å². The van der Waals surface area contributed by atoms with Gasteiger partial charge < -0.3 is 10.2 Å². The molecule has 2 amide bonds. The van der Waals surface area contributed by atoms with Crippen molar-refractivity contribution in [2.75, 3.05) is 30.1 Å². The zero-order valence-electron chi connectivity index (χ0n) is 17.6. The number of fused-ring (bicyclic) bond motifs is 1. The summed E-state index contributed by atoms with van der Waals surface area (Å²) in [6.45, 7) is 1.15. The summed E-state index contributed by atoms with van der Waals surface area (Å²) >= 11 is 6.05. The van der Waals surface area contributed by atoms with Crippen LogP contribution in [0.4, 0.5) is 11.4 Å². The highest BCUT2D eigenvalue weighted by Gasteiger charge is 2.33. The van der Waals surface area contributed by atoms with E-state index in [9.17, 15) is 26.4 Å². The fraction of sp³-hybridized carbons (Fsp3) is 0.300. The molecule has 1 atom stereocenters. The number of para-hydroxylation sites is 2. The Balaban J connectivity index is 1.94. The van der Waals surface area contributed by atoms with Gasteiger partial charge in [-0.15, -0.1) is 0 Å². The fourth-order valence-electron chi connectivity index (χ4n) is 3.40. The molecule has 1 unspecified atom stereocenters. The van der Waals surface area contributed by atoms with E-state index in [1.165, 1.54) is 24.1 Å². The average Bonchev–Trinajstić information content (AvgIpc) is 2.81. The van der Waals surface area contributed by atoms with Crippen LogP contribution >= 0.6 is 11.6 Å². The number of hydrogen-bond donors (Lipinski definition) is 1. The Morgan fingerprint density at radius 3 is 2.50 bits per heavy atom. The van der Waals surface area contributed by atoms with Gasteiger partial charge in [0.1, 0.15) is 4.90 Å². The van der Waals surface area contributed by atoms with Crippen LogP contribution in [0, 0.1) is 0 Å². The molecule has 32 heavy (non-hydrogen) atoms. The molecule has 12 heteroatoms. The van der Waals surface area contributed by atoms with E-state index in [1.807, 2.05) is 0 Å². The first-order valence-electron chi connectivity index (χ1n) is 9.49. The van der Waals surface area contributed by atoms with E-state index in [4.69, 9.17) is 11.6 Å². The van der Waals surface area contributed by atoms with Crippen LogP contribution in [-0.2, 0) is 29.4 Å². The van der Waals surface area contributed by atoms with Gasteiger partial charge in [-0.2, -0.15) is 4.31 Å². The number of halogens is 1. The van der Waals surface area contributed by atoms with Crippen LogP contribution in [0.3, 0.4) is 0 Å². The topological polar surface area (TPSA) is 121 Å². The van der Waals surface area contributed by atoms with Gasteiger partial charge in [0, 0.05) is 25.8 Å². The molecule has 0 aromatic heterocycles. The van der Waals surface area contributed by atoms with Gasteiger partial charge in [-0.05, 0) is 37.3 Å². The Morgan fingerprint density at radius 2 is 1.84 bits per heavy atom. The van der Waals surface area contributed by atoms with Crippen molar-refractivity contribution in [1.29, 1.82) is 0 Å². The minimum Gasteiger partial charge on any atom is -0.324 e. The normalized spacial score (nSPS) is 17.0. The molecule has 172 valence electrons. The molecule has 1 aliphatic heterocycles. The van der Waals surface area contributed by atoms with Gasteiger partial charge in [0.2, 0.25) is 21.8 Å². The molecule has 2 aromatic rings. The number of carbonyl (C=O) groups is 2. The molecule has 0 radical (unpaired) electrons. The van der Waals surface area contributed by atoms with E-state index in [0.717, 1.165) is 16.6 Å². The third-order valence-corrected chi connectivity index (χ3v) is 8.40. The van der Waals surface area contributed by atoms with Gasteiger partial charge in [-0.25, -0.2) is 16.8 Å². The largest absolute Gasteiger partial charge is 0.324 e. The fourth-order valence-corrected chi connectivity index (χ4v) is 5.74. The predicted octanol–water partition coefficient (Wildman–Crippen LogP) is 2.13. The number of sulfonamides is 1. The SMILES string of the molecule is CC1CC(=O)Nc2ccccc2N1C(=O)CN(C)S(=O)(=O)c1cc(S(C)(=O)=O)ccc1Cl.